The Balaban J connectivity index is 2.35. The van der Waals surface area contributed by atoms with Gasteiger partial charge in [0.15, 0.2) is 0 Å². The average molecular weight is 307 g/mol. The molecular weight excluding hydrogens is 289 g/mol. The summed E-state index contributed by atoms with van der Waals surface area (Å²) in [5.41, 5.74) is 0.880. The highest BCUT2D eigenvalue weighted by molar-refractivity contribution is 7.89. The Labute approximate surface area is 125 Å². The second-order valence-electron chi connectivity index (χ2n) is 4.75. The van der Waals surface area contributed by atoms with Gasteiger partial charge in [-0.25, -0.2) is 12.8 Å². The van der Waals surface area contributed by atoms with Crippen LogP contribution >= 0.6 is 0 Å². The number of nitrogens with zero attached hydrogens (tertiary/aromatic N) is 1. The Kier molecular flexibility index (Phi) is 5.09. The van der Waals surface area contributed by atoms with Gasteiger partial charge < -0.3 is 0 Å². The molecule has 0 spiro atoms. The third-order valence-electron chi connectivity index (χ3n) is 3.13. The minimum atomic E-state index is -3.83. The summed E-state index contributed by atoms with van der Waals surface area (Å²) in [7, 11) is -3.83. The van der Waals surface area contributed by atoms with Crippen LogP contribution in [0.3, 0.4) is 0 Å². The van der Waals surface area contributed by atoms with Crippen molar-refractivity contribution in [3.8, 4) is 0 Å². The maximum atomic E-state index is 13.8. The van der Waals surface area contributed by atoms with E-state index < -0.39 is 15.8 Å². The summed E-state index contributed by atoms with van der Waals surface area (Å²) in [5, 5.41) is 0. The summed E-state index contributed by atoms with van der Waals surface area (Å²) >= 11 is 0. The smallest absolute Gasteiger partial charge is 0.207 e. The van der Waals surface area contributed by atoms with Crippen molar-refractivity contribution in [3.05, 3.63) is 66.0 Å². The van der Waals surface area contributed by atoms with Crippen molar-refractivity contribution in [2.75, 3.05) is 6.54 Å². The molecule has 2 rings (SSSR count). The number of hydrogen-bond acceptors (Lipinski definition) is 2. The van der Waals surface area contributed by atoms with Crippen LogP contribution in [0.5, 0.6) is 0 Å². The third-order valence-corrected chi connectivity index (χ3v) is 5.01. The van der Waals surface area contributed by atoms with Gasteiger partial charge in [-0.05, 0) is 24.1 Å². The highest BCUT2D eigenvalue weighted by Gasteiger charge is 2.26. The fourth-order valence-corrected chi connectivity index (χ4v) is 3.70. The molecule has 0 N–H and O–H groups in total. The molecule has 0 bridgehead atoms. The topological polar surface area (TPSA) is 37.4 Å². The summed E-state index contributed by atoms with van der Waals surface area (Å²) in [5.74, 6) is -0.716. The minimum absolute atomic E-state index is 0.241. The number of sulfonamides is 1. The largest absolute Gasteiger partial charge is 0.246 e. The Bertz CT molecular complexity index is 686. The zero-order chi connectivity index (χ0) is 15.3. The maximum Gasteiger partial charge on any atom is 0.246 e. The molecular formula is C16H18FNO2S. The molecule has 0 radical (unpaired) electrons. The predicted molar refractivity (Wildman–Crippen MR) is 80.7 cm³/mol. The number of rotatable bonds is 6. The van der Waals surface area contributed by atoms with Gasteiger partial charge in [-0.1, -0.05) is 49.4 Å². The van der Waals surface area contributed by atoms with Crippen LogP contribution in [-0.2, 0) is 16.6 Å². The molecule has 21 heavy (non-hydrogen) atoms. The van der Waals surface area contributed by atoms with Crippen LogP contribution in [0.1, 0.15) is 18.9 Å². The first-order valence-electron chi connectivity index (χ1n) is 6.84. The van der Waals surface area contributed by atoms with Crippen molar-refractivity contribution in [2.45, 2.75) is 24.8 Å². The van der Waals surface area contributed by atoms with E-state index in [1.165, 1.54) is 28.6 Å². The maximum absolute atomic E-state index is 13.8. The van der Waals surface area contributed by atoms with Crippen molar-refractivity contribution < 1.29 is 12.8 Å². The monoisotopic (exact) mass is 307 g/mol. The van der Waals surface area contributed by atoms with E-state index in [1.54, 1.807) is 0 Å². The molecule has 0 fully saturated rings. The van der Waals surface area contributed by atoms with E-state index in [2.05, 4.69) is 0 Å². The molecule has 0 saturated carbocycles. The summed E-state index contributed by atoms with van der Waals surface area (Å²) in [6.45, 7) is 2.49. The molecule has 0 aliphatic rings. The van der Waals surface area contributed by atoms with Crippen molar-refractivity contribution in [2.24, 2.45) is 0 Å². The first-order chi connectivity index (χ1) is 10.1. The lowest BCUT2D eigenvalue weighted by molar-refractivity contribution is 0.402. The van der Waals surface area contributed by atoms with Gasteiger partial charge in [-0.3, -0.25) is 0 Å². The number of hydrogen-bond donors (Lipinski definition) is 0. The summed E-state index contributed by atoms with van der Waals surface area (Å²) < 4.78 is 40.4. The van der Waals surface area contributed by atoms with Crippen molar-refractivity contribution in [1.82, 2.24) is 4.31 Å². The van der Waals surface area contributed by atoms with Gasteiger partial charge in [0.05, 0.1) is 0 Å². The third kappa shape index (κ3) is 3.68. The van der Waals surface area contributed by atoms with Gasteiger partial charge >= 0.3 is 0 Å². The second kappa shape index (κ2) is 6.83. The Morgan fingerprint density at radius 1 is 1.00 bits per heavy atom. The lowest BCUT2D eigenvalue weighted by Gasteiger charge is -2.22. The molecule has 2 aromatic rings. The van der Waals surface area contributed by atoms with Crippen molar-refractivity contribution in [1.29, 1.82) is 0 Å². The van der Waals surface area contributed by atoms with E-state index in [-0.39, 0.29) is 11.4 Å². The van der Waals surface area contributed by atoms with Gasteiger partial charge in [0, 0.05) is 13.1 Å². The van der Waals surface area contributed by atoms with E-state index in [4.69, 9.17) is 0 Å². The Morgan fingerprint density at radius 3 is 2.24 bits per heavy atom. The van der Waals surface area contributed by atoms with Crippen molar-refractivity contribution in [3.63, 3.8) is 0 Å². The van der Waals surface area contributed by atoms with Crippen LogP contribution in [0.15, 0.2) is 59.5 Å². The quantitative estimate of drug-likeness (QED) is 0.820. The zero-order valence-electron chi connectivity index (χ0n) is 11.9. The Hall–Kier alpha value is -1.72. The van der Waals surface area contributed by atoms with E-state index in [0.717, 1.165) is 5.56 Å². The molecule has 0 saturated heterocycles. The molecule has 0 aliphatic carbocycles. The first-order valence-corrected chi connectivity index (χ1v) is 8.28. The molecule has 0 aromatic heterocycles. The molecule has 112 valence electrons. The number of benzene rings is 2. The van der Waals surface area contributed by atoms with Crippen LogP contribution in [0.4, 0.5) is 4.39 Å². The van der Waals surface area contributed by atoms with Crippen LogP contribution in [0.25, 0.3) is 0 Å². The molecule has 0 unspecified atom stereocenters. The molecule has 3 nitrogen and oxygen atoms in total. The molecule has 0 atom stereocenters. The lowest BCUT2D eigenvalue weighted by atomic mass is 10.2. The highest BCUT2D eigenvalue weighted by Crippen LogP contribution is 2.21. The lowest BCUT2D eigenvalue weighted by Crippen LogP contribution is -2.32. The van der Waals surface area contributed by atoms with Crippen LogP contribution in [0.2, 0.25) is 0 Å². The van der Waals surface area contributed by atoms with Gasteiger partial charge in [0.1, 0.15) is 10.7 Å². The van der Waals surface area contributed by atoms with Crippen LogP contribution in [-0.4, -0.2) is 19.3 Å². The summed E-state index contributed by atoms with van der Waals surface area (Å²) in [6, 6.07) is 14.8. The highest BCUT2D eigenvalue weighted by atomic mass is 32.2. The van der Waals surface area contributed by atoms with Gasteiger partial charge in [0.2, 0.25) is 10.0 Å². The van der Waals surface area contributed by atoms with Gasteiger partial charge in [-0.15, -0.1) is 0 Å². The van der Waals surface area contributed by atoms with Crippen LogP contribution in [0, 0.1) is 5.82 Å². The zero-order valence-corrected chi connectivity index (χ0v) is 12.7. The molecule has 0 heterocycles. The Morgan fingerprint density at radius 2 is 1.62 bits per heavy atom. The SMILES string of the molecule is CCCN(Cc1ccccc1)S(=O)(=O)c1ccccc1F. The fourth-order valence-electron chi connectivity index (χ4n) is 2.11. The van der Waals surface area contributed by atoms with E-state index in [1.807, 2.05) is 37.3 Å². The van der Waals surface area contributed by atoms with Gasteiger partial charge in [-0.2, -0.15) is 4.31 Å². The summed E-state index contributed by atoms with van der Waals surface area (Å²) in [4.78, 5) is -0.269. The van der Waals surface area contributed by atoms with Crippen molar-refractivity contribution >= 4 is 10.0 Å². The van der Waals surface area contributed by atoms with Gasteiger partial charge in [0.25, 0.3) is 0 Å². The second-order valence-corrected chi connectivity index (χ2v) is 6.66. The average Bonchev–Trinajstić information content (AvgIpc) is 2.48. The van der Waals surface area contributed by atoms with E-state index >= 15 is 0 Å². The summed E-state index contributed by atoms with van der Waals surface area (Å²) in [6.07, 6.45) is 0.667. The molecule has 0 amide bonds. The fraction of sp³-hybridized carbons (Fsp3) is 0.250. The number of halogens is 1. The molecule has 2 aromatic carbocycles. The standard InChI is InChI=1S/C16H18FNO2S/c1-2-12-18(13-14-8-4-3-5-9-14)21(19,20)16-11-7-6-10-15(16)17/h3-11H,2,12-13H2,1H3. The normalized spacial score (nSPS) is 11.8. The van der Waals surface area contributed by atoms with Crippen LogP contribution < -0.4 is 0 Å². The molecule has 0 aliphatic heterocycles. The first kappa shape index (κ1) is 15.7. The predicted octanol–water partition coefficient (Wildman–Crippen LogP) is 3.43. The van der Waals surface area contributed by atoms with E-state index in [0.29, 0.717) is 13.0 Å². The van der Waals surface area contributed by atoms with E-state index in [9.17, 15) is 12.8 Å². The molecule has 5 heteroatoms. The minimum Gasteiger partial charge on any atom is -0.207 e.